The number of aliphatic hydroxyl groups is 1. The molecular weight excluding hydrogens is 427 g/mol. The molecule has 0 saturated carbocycles. The quantitative estimate of drug-likeness (QED) is 0.514. The minimum Gasteiger partial charge on any atom is -0.398 e. The zero-order valence-electron chi connectivity index (χ0n) is 16.5. The predicted octanol–water partition coefficient (Wildman–Crippen LogP) is 2.03. The fourth-order valence-electron chi connectivity index (χ4n) is 3.34. The van der Waals surface area contributed by atoms with Gasteiger partial charge in [0.1, 0.15) is 6.04 Å². The van der Waals surface area contributed by atoms with Gasteiger partial charge in [-0.1, -0.05) is 36.4 Å². The van der Waals surface area contributed by atoms with Crippen LogP contribution in [-0.2, 0) is 11.3 Å². The highest BCUT2D eigenvalue weighted by atomic mass is 35.5. The summed E-state index contributed by atoms with van der Waals surface area (Å²) in [4.78, 5) is 27.8. The number of likely N-dealkylation sites (tertiary alicyclic amines) is 1. The summed E-state index contributed by atoms with van der Waals surface area (Å²) < 4.78 is 0. The number of halogens is 2. The van der Waals surface area contributed by atoms with Gasteiger partial charge in [-0.3, -0.25) is 9.59 Å². The fourth-order valence-corrected chi connectivity index (χ4v) is 3.34. The summed E-state index contributed by atoms with van der Waals surface area (Å²) in [7, 11) is 0. The molecule has 3 rings (SSSR count). The number of hydrogen-bond acceptors (Lipinski definition) is 5. The van der Waals surface area contributed by atoms with E-state index in [-0.39, 0.29) is 43.4 Å². The van der Waals surface area contributed by atoms with Crippen LogP contribution in [0.3, 0.4) is 0 Å². The lowest BCUT2D eigenvalue weighted by Crippen LogP contribution is -2.47. The highest BCUT2D eigenvalue weighted by Crippen LogP contribution is 2.21. The van der Waals surface area contributed by atoms with E-state index in [1.807, 2.05) is 18.2 Å². The number of nitrogen functional groups attached to an aromatic ring is 1. The lowest BCUT2D eigenvalue weighted by Gasteiger charge is -2.33. The Morgan fingerprint density at radius 2 is 1.73 bits per heavy atom. The maximum Gasteiger partial charge on any atom is 0.254 e. The van der Waals surface area contributed by atoms with Crippen LogP contribution in [0.5, 0.6) is 0 Å². The Bertz CT molecular complexity index is 843. The third kappa shape index (κ3) is 6.09. The average molecular weight is 455 g/mol. The first kappa shape index (κ1) is 25.7. The number of benzene rings is 2. The van der Waals surface area contributed by atoms with Gasteiger partial charge in [0.25, 0.3) is 5.91 Å². The van der Waals surface area contributed by atoms with E-state index >= 15 is 0 Å². The molecule has 0 bridgehead atoms. The van der Waals surface area contributed by atoms with E-state index in [0.29, 0.717) is 42.7 Å². The monoisotopic (exact) mass is 454 g/mol. The molecule has 1 fully saturated rings. The Morgan fingerprint density at radius 3 is 2.33 bits per heavy atom. The van der Waals surface area contributed by atoms with Gasteiger partial charge in [-0.05, 0) is 36.1 Å². The summed E-state index contributed by atoms with van der Waals surface area (Å²) in [6, 6.07) is 13.3. The molecule has 1 aliphatic rings. The molecule has 2 aromatic carbocycles. The Hall–Kier alpha value is -2.32. The van der Waals surface area contributed by atoms with E-state index in [0.717, 1.165) is 5.56 Å². The molecule has 1 saturated heterocycles. The molecule has 2 aromatic rings. The molecule has 2 amide bonds. The molecule has 0 spiro atoms. The first-order valence-electron chi connectivity index (χ1n) is 9.40. The number of anilines is 1. The van der Waals surface area contributed by atoms with Crippen LogP contribution in [0.25, 0.3) is 0 Å². The summed E-state index contributed by atoms with van der Waals surface area (Å²) in [5.41, 5.74) is 13.7. The summed E-state index contributed by atoms with van der Waals surface area (Å²) in [5.74, 6) is -0.618. The number of hydrogen-bond donors (Lipinski definition) is 4. The van der Waals surface area contributed by atoms with Crippen LogP contribution < -0.4 is 16.8 Å². The van der Waals surface area contributed by atoms with E-state index in [1.165, 1.54) is 0 Å². The molecule has 0 unspecified atom stereocenters. The lowest BCUT2D eigenvalue weighted by molar-refractivity contribution is -0.135. The van der Waals surface area contributed by atoms with Crippen molar-refractivity contribution in [3.05, 3.63) is 65.2 Å². The molecule has 1 aliphatic heterocycles. The first-order valence-corrected chi connectivity index (χ1v) is 9.40. The second-order valence-corrected chi connectivity index (χ2v) is 7.00. The number of nitrogens with zero attached hydrogens (tertiary/aromatic N) is 1. The standard InChI is InChI=1S/C21H26N4O3.2ClH/c22-13-14-6-7-18(23)17(12-14)20(27)24-19(15-4-2-1-3-5-15)21(28)25-10-8-16(26)9-11-25;;/h1-7,12,16,19,26H,8-11,13,22-23H2,(H,24,27);2*1H/t19-;;/m1../s1. The zero-order valence-corrected chi connectivity index (χ0v) is 18.1. The average Bonchev–Trinajstić information content (AvgIpc) is 2.73. The van der Waals surface area contributed by atoms with Crippen molar-refractivity contribution in [3.8, 4) is 0 Å². The van der Waals surface area contributed by atoms with Crippen LogP contribution in [0.15, 0.2) is 48.5 Å². The smallest absolute Gasteiger partial charge is 0.254 e. The van der Waals surface area contributed by atoms with E-state index in [2.05, 4.69) is 5.32 Å². The summed E-state index contributed by atoms with van der Waals surface area (Å²) in [6.45, 7) is 1.21. The SMILES string of the molecule is Cl.Cl.NCc1ccc(N)c(C(=O)N[C@@H](C(=O)N2CCC(O)CC2)c2ccccc2)c1. The summed E-state index contributed by atoms with van der Waals surface area (Å²) >= 11 is 0. The van der Waals surface area contributed by atoms with Gasteiger partial charge in [0.15, 0.2) is 0 Å². The normalized spacial score (nSPS) is 14.8. The number of carbonyl (C=O) groups is 2. The predicted molar refractivity (Wildman–Crippen MR) is 122 cm³/mol. The maximum atomic E-state index is 13.2. The molecule has 0 aromatic heterocycles. The van der Waals surface area contributed by atoms with Crippen molar-refractivity contribution in [2.24, 2.45) is 5.73 Å². The minimum atomic E-state index is -0.829. The van der Waals surface area contributed by atoms with Gasteiger partial charge in [-0.15, -0.1) is 24.8 Å². The molecule has 1 atom stereocenters. The van der Waals surface area contributed by atoms with Gasteiger partial charge >= 0.3 is 0 Å². The molecule has 164 valence electrons. The van der Waals surface area contributed by atoms with Crippen molar-refractivity contribution >= 4 is 42.3 Å². The van der Waals surface area contributed by atoms with Gasteiger partial charge in [0, 0.05) is 25.3 Å². The summed E-state index contributed by atoms with van der Waals surface area (Å²) in [5, 5.41) is 12.5. The Balaban J connectivity index is 0.00000225. The second kappa shape index (κ2) is 11.8. The fraction of sp³-hybridized carbons (Fsp3) is 0.333. The number of aliphatic hydroxyl groups excluding tert-OH is 1. The van der Waals surface area contributed by atoms with Crippen LogP contribution in [0.2, 0.25) is 0 Å². The van der Waals surface area contributed by atoms with Crippen molar-refractivity contribution in [1.82, 2.24) is 10.2 Å². The zero-order chi connectivity index (χ0) is 20.1. The highest BCUT2D eigenvalue weighted by Gasteiger charge is 2.30. The van der Waals surface area contributed by atoms with E-state index in [4.69, 9.17) is 11.5 Å². The molecule has 1 heterocycles. The first-order chi connectivity index (χ1) is 13.5. The number of nitrogens with two attached hydrogens (primary N) is 2. The van der Waals surface area contributed by atoms with Gasteiger partial charge in [0.05, 0.1) is 11.7 Å². The largest absolute Gasteiger partial charge is 0.398 e. The third-order valence-electron chi connectivity index (χ3n) is 5.03. The highest BCUT2D eigenvalue weighted by molar-refractivity contribution is 6.01. The maximum absolute atomic E-state index is 13.2. The number of rotatable bonds is 5. The lowest BCUT2D eigenvalue weighted by atomic mass is 10.0. The number of amides is 2. The van der Waals surface area contributed by atoms with E-state index in [9.17, 15) is 14.7 Å². The molecule has 30 heavy (non-hydrogen) atoms. The van der Waals surface area contributed by atoms with Gasteiger partial charge in [-0.25, -0.2) is 0 Å². The van der Waals surface area contributed by atoms with Crippen LogP contribution in [-0.4, -0.2) is 41.0 Å². The van der Waals surface area contributed by atoms with Gasteiger partial charge < -0.3 is 26.8 Å². The van der Waals surface area contributed by atoms with E-state index in [1.54, 1.807) is 35.2 Å². The number of nitrogens with one attached hydrogen (secondary N) is 1. The van der Waals surface area contributed by atoms with Gasteiger partial charge in [-0.2, -0.15) is 0 Å². The van der Waals surface area contributed by atoms with Crippen molar-refractivity contribution in [2.45, 2.75) is 31.5 Å². The van der Waals surface area contributed by atoms with Crippen LogP contribution in [0.4, 0.5) is 5.69 Å². The van der Waals surface area contributed by atoms with Crippen LogP contribution in [0, 0.1) is 0 Å². The van der Waals surface area contributed by atoms with Crippen LogP contribution >= 0.6 is 24.8 Å². The van der Waals surface area contributed by atoms with Gasteiger partial charge in [0.2, 0.25) is 5.91 Å². The molecule has 9 heteroatoms. The number of piperidine rings is 1. The van der Waals surface area contributed by atoms with Crippen molar-refractivity contribution in [1.29, 1.82) is 0 Å². The third-order valence-corrected chi connectivity index (χ3v) is 5.03. The molecule has 6 N–H and O–H groups in total. The number of carbonyl (C=O) groups excluding carboxylic acids is 2. The Morgan fingerprint density at radius 1 is 1.10 bits per heavy atom. The Labute approximate surface area is 188 Å². The van der Waals surface area contributed by atoms with E-state index < -0.39 is 11.9 Å². The topological polar surface area (TPSA) is 122 Å². The van der Waals surface area contributed by atoms with Crippen molar-refractivity contribution in [2.75, 3.05) is 18.8 Å². The molecule has 0 radical (unpaired) electrons. The van der Waals surface area contributed by atoms with Crippen LogP contribution in [0.1, 0.15) is 40.4 Å². The molecule has 0 aliphatic carbocycles. The second-order valence-electron chi connectivity index (χ2n) is 7.00. The minimum absolute atomic E-state index is 0. The molecular formula is C21H28Cl2N4O3. The summed E-state index contributed by atoms with van der Waals surface area (Å²) in [6.07, 6.45) is 0.687. The van der Waals surface area contributed by atoms with Crippen molar-refractivity contribution in [3.63, 3.8) is 0 Å². The Kier molecular flexibility index (Phi) is 10.1. The molecule has 7 nitrogen and oxygen atoms in total. The van der Waals surface area contributed by atoms with Crippen molar-refractivity contribution < 1.29 is 14.7 Å².